The van der Waals surface area contributed by atoms with Crippen LogP contribution in [0.25, 0.3) is 5.70 Å². The molecular weight excluding hydrogens is 518 g/mol. The standard InChI is InChI=1S/C29H23N3O6S/c1-16-8-14-19(15-9-16)39(36,37)38-18-12-10-17(11-13-18)22-23-25(20-6-4-5-7-21(20)26(23)33)30-27-24(22)28(34)32(3)29(35)31(27)2/h4-15,22,30H,1-3H3/t22-/m0/s1. The molecular formula is C29H23N3O6S. The first-order valence-corrected chi connectivity index (χ1v) is 13.6. The molecule has 196 valence electrons. The Morgan fingerprint density at radius 3 is 2.13 bits per heavy atom. The molecule has 0 amide bonds. The maximum atomic E-state index is 13.6. The van der Waals surface area contributed by atoms with Gasteiger partial charge in [-0.1, -0.05) is 54.1 Å². The van der Waals surface area contributed by atoms with Crippen LogP contribution in [0.5, 0.6) is 5.75 Å². The van der Waals surface area contributed by atoms with Crippen molar-refractivity contribution in [2.75, 3.05) is 5.32 Å². The molecule has 1 aromatic heterocycles. The van der Waals surface area contributed by atoms with Gasteiger partial charge in [0.05, 0.1) is 11.3 Å². The van der Waals surface area contributed by atoms with E-state index in [0.717, 1.165) is 10.1 Å². The summed E-state index contributed by atoms with van der Waals surface area (Å²) in [4.78, 5) is 39.8. The Bertz CT molecular complexity index is 1950. The van der Waals surface area contributed by atoms with Crippen LogP contribution >= 0.6 is 0 Å². The summed E-state index contributed by atoms with van der Waals surface area (Å²) < 4.78 is 33.3. The minimum absolute atomic E-state index is 0.0259. The van der Waals surface area contributed by atoms with Crippen LogP contribution in [0.4, 0.5) is 5.82 Å². The molecule has 1 aliphatic heterocycles. The van der Waals surface area contributed by atoms with E-state index in [-0.39, 0.29) is 22.0 Å². The predicted octanol–water partition coefficient (Wildman–Crippen LogP) is 3.33. The fourth-order valence-electron chi connectivity index (χ4n) is 5.19. The number of rotatable bonds is 4. The molecule has 1 atom stereocenters. The number of allylic oxidation sites excluding steroid dienone is 1. The number of anilines is 1. The van der Waals surface area contributed by atoms with Crippen molar-refractivity contribution in [2.45, 2.75) is 17.7 Å². The second-order valence-corrected chi connectivity index (χ2v) is 11.2. The zero-order chi connectivity index (χ0) is 27.6. The lowest BCUT2D eigenvalue weighted by atomic mass is 9.81. The normalized spacial score (nSPS) is 15.9. The summed E-state index contributed by atoms with van der Waals surface area (Å²) in [6.45, 7) is 1.86. The zero-order valence-corrected chi connectivity index (χ0v) is 22.1. The third-order valence-corrected chi connectivity index (χ3v) is 8.47. The maximum Gasteiger partial charge on any atom is 0.339 e. The second kappa shape index (κ2) is 8.67. The molecule has 0 bridgehead atoms. The summed E-state index contributed by atoms with van der Waals surface area (Å²) in [7, 11) is -1.11. The van der Waals surface area contributed by atoms with Gasteiger partial charge >= 0.3 is 15.8 Å². The average Bonchev–Trinajstić information content (AvgIpc) is 3.22. The minimum Gasteiger partial charge on any atom is -0.379 e. The lowest BCUT2D eigenvalue weighted by Gasteiger charge is -2.29. The van der Waals surface area contributed by atoms with Gasteiger partial charge in [0.2, 0.25) is 0 Å². The Hall–Kier alpha value is -4.70. The Labute approximate surface area is 223 Å². The van der Waals surface area contributed by atoms with E-state index in [4.69, 9.17) is 4.18 Å². The van der Waals surface area contributed by atoms with Crippen molar-refractivity contribution in [1.29, 1.82) is 0 Å². The van der Waals surface area contributed by atoms with Crippen molar-refractivity contribution in [1.82, 2.24) is 9.13 Å². The average molecular weight is 542 g/mol. The number of nitrogens with zero attached hydrogens (tertiary/aromatic N) is 2. The molecule has 3 aromatic carbocycles. The number of ketones is 1. The smallest absolute Gasteiger partial charge is 0.339 e. The summed E-state index contributed by atoms with van der Waals surface area (Å²) in [6, 6.07) is 19.7. The Balaban J connectivity index is 1.48. The number of nitrogens with one attached hydrogen (secondary N) is 1. The third-order valence-electron chi connectivity index (χ3n) is 7.20. The predicted molar refractivity (Wildman–Crippen MR) is 146 cm³/mol. The molecule has 0 saturated heterocycles. The minimum atomic E-state index is -4.06. The number of carbonyl (C=O) groups excluding carboxylic acids is 1. The van der Waals surface area contributed by atoms with Gasteiger partial charge in [0, 0.05) is 36.7 Å². The van der Waals surface area contributed by atoms with Crippen LogP contribution in [-0.4, -0.2) is 23.3 Å². The largest absolute Gasteiger partial charge is 0.379 e. The lowest BCUT2D eigenvalue weighted by molar-refractivity contribution is 0.103. The Kier molecular flexibility index (Phi) is 5.47. The maximum absolute atomic E-state index is 13.6. The van der Waals surface area contributed by atoms with Crippen molar-refractivity contribution in [3.8, 4) is 5.75 Å². The number of carbonyl (C=O) groups is 1. The van der Waals surface area contributed by atoms with Gasteiger partial charge < -0.3 is 9.50 Å². The van der Waals surface area contributed by atoms with E-state index < -0.39 is 27.3 Å². The van der Waals surface area contributed by atoms with Crippen molar-refractivity contribution in [2.24, 2.45) is 14.1 Å². The highest BCUT2D eigenvalue weighted by Gasteiger charge is 2.42. The fourth-order valence-corrected chi connectivity index (χ4v) is 6.12. The quantitative estimate of drug-likeness (QED) is 0.394. The number of aryl methyl sites for hydroxylation is 1. The van der Waals surface area contributed by atoms with Crippen LogP contribution in [0, 0.1) is 6.92 Å². The molecule has 6 rings (SSSR count). The lowest BCUT2D eigenvalue weighted by Crippen LogP contribution is -2.42. The molecule has 0 unspecified atom stereocenters. The highest BCUT2D eigenvalue weighted by Crippen LogP contribution is 2.47. The molecule has 0 spiro atoms. The van der Waals surface area contributed by atoms with Crippen molar-refractivity contribution in [3.05, 3.63) is 127 Å². The van der Waals surface area contributed by atoms with Crippen molar-refractivity contribution in [3.63, 3.8) is 0 Å². The van der Waals surface area contributed by atoms with Crippen molar-refractivity contribution >= 4 is 27.4 Å². The molecule has 1 N–H and O–H groups in total. The number of aromatic nitrogens is 2. The van der Waals surface area contributed by atoms with Crippen LogP contribution in [-0.2, 0) is 24.2 Å². The Morgan fingerprint density at radius 2 is 1.46 bits per heavy atom. The molecule has 0 saturated carbocycles. The highest BCUT2D eigenvalue weighted by atomic mass is 32.2. The van der Waals surface area contributed by atoms with Crippen LogP contribution in [0.2, 0.25) is 0 Å². The molecule has 10 heteroatoms. The van der Waals surface area contributed by atoms with Gasteiger partial charge in [-0.2, -0.15) is 8.42 Å². The van der Waals surface area contributed by atoms with Gasteiger partial charge in [-0.25, -0.2) is 4.79 Å². The molecule has 39 heavy (non-hydrogen) atoms. The number of hydrogen-bond acceptors (Lipinski definition) is 7. The summed E-state index contributed by atoms with van der Waals surface area (Å²) in [5, 5.41) is 3.19. The number of benzene rings is 3. The molecule has 4 aromatic rings. The first-order chi connectivity index (χ1) is 18.6. The number of Topliss-reactive ketones (excluding diaryl/α,β-unsaturated/α-hetero) is 1. The highest BCUT2D eigenvalue weighted by molar-refractivity contribution is 7.87. The van der Waals surface area contributed by atoms with E-state index in [1.165, 1.54) is 35.9 Å². The number of hydrogen-bond donors (Lipinski definition) is 1. The van der Waals surface area contributed by atoms with Gasteiger partial charge in [-0.15, -0.1) is 0 Å². The third kappa shape index (κ3) is 3.75. The van der Waals surface area contributed by atoms with Crippen LogP contribution in [0.15, 0.2) is 92.9 Å². The molecule has 9 nitrogen and oxygen atoms in total. The van der Waals surface area contributed by atoms with Crippen LogP contribution in [0.1, 0.15) is 38.5 Å². The fraction of sp³-hybridized carbons (Fsp3) is 0.138. The SMILES string of the molecule is Cc1ccc(S(=O)(=O)Oc2ccc([C@H]3C4=C(Nc5c3c(=O)n(C)c(=O)n5C)c3ccccc3C4=O)cc2)cc1. The van der Waals surface area contributed by atoms with Gasteiger partial charge in [0.15, 0.2) is 5.78 Å². The summed E-state index contributed by atoms with van der Waals surface area (Å²) >= 11 is 0. The van der Waals surface area contributed by atoms with E-state index >= 15 is 0 Å². The number of fused-ring (bicyclic) bond motifs is 3. The summed E-state index contributed by atoms with van der Waals surface area (Å²) in [5.41, 5.74) is 2.83. The summed E-state index contributed by atoms with van der Waals surface area (Å²) in [6.07, 6.45) is 0. The van der Waals surface area contributed by atoms with Gasteiger partial charge in [-0.05, 0) is 36.8 Å². The molecule has 2 aliphatic rings. The summed E-state index contributed by atoms with van der Waals surface area (Å²) in [5.74, 6) is -0.637. The van der Waals surface area contributed by atoms with Gasteiger partial charge in [0.25, 0.3) is 5.56 Å². The van der Waals surface area contributed by atoms with E-state index in [0.29, 0.717) is 33.8 Å². The van der Waals surface area contributed by atoms with E-state index in [2.05, 4.69) is 5.32 Å². The Morgan fingerprint density at radius 1 is 0.821 bits per heavy atom. The first-order valence-electron chi connectivity index (χ1n) is 12.1. The second-order valence-electron chi connectivity index (χ2n) is 9.61. The van der Waals surface area contributed by atoms with E-state index in [9.17, 15) is 22.8 Å². The molecule has 0 radical (unpaired) electrons. The molecule has 2 heterocycles. The monoisotopic (exact) mass is 541 g/mol. The molecule has 1 aliphatic carbocycles. The molecule has 0 fully saturated rings. The van der Waals surface area contributed by atoms with E-state index in [1.807, 2.05) is 19.1 Å². The van der Waals surface area contributed by atoms with Gasteiger partial charge in [-0.3, -0.25) is 18.7 Å². The van der Waals surface area contributed by atoms with Gasteiger partial charge in [0.1, 0.15) is 16.5 Å². The van der Waals surface area contributed by atoms with Crippen LogP contribution < -0.4 is 20.7 Å². The van der Waals surface area contributed by atoms with E-state index in [1.54, 1.807) is 43.4 Å². The topological polar surface area (TPSA) is 116 Å². The van der Waals surface area contributed by atoms with Crippen molar-refractivity contribution < 1.29 is 17.4 Å². The van der Waals surface area contributed by atoms with Crippen LogP contribution in [0.3, 0.4) is 0 Å². The first kappa shape index (κ1) is 24.6. The zero-order valence-electron chi connectivity index (χ0n) is 21.3.